The van der Waals surface area contributed by atoms with Crippen molar-refractivity contribution in [2.45, 2.75) is 59.4 Å². The third-order valence-corrected chi connectivity index (χ3v) is 6.61. The third-order valence-electron chi connectivity index (χ3n) is 6.61. The summed E-state index contributed by atoms with van der Waals surface area (Å²) in [5, 5.41) is 0. The molecule has 4 heteroatoms. The van der Waals surface area contributed by atoms with Gasteiger partial charge in [0.1, 0.15) is 31.2 Å². The van der Waals surface area contributed by atoms with Crippen LogP contribution in [0.1, 0.15) is 57.7 Å². The monoisotopic (exact) mass is 567 g/mol. The topological polar surface area (TPSA) is 18.5 Å². The van der Waals surface area contributed by atoms with Gasteiger partial charge < -0.3 is 30.9 Å². The zero-order valence-electron chi connectivity index (χ0n) is 23.9. The molecule has 3 nitrogen and oxygen atoms in total. The molecule has 0 aliphatic rings. The molecule has 0 amide bonds. The fourth-order valence-electron chi connectivity index (χ4n) is 5.04. The standard InChI is InChI=1S/C33H46NO2.BrH/c1-32(2,3)26-33(4,5)29-15-19-31(20-16-29)36-24-22-34(6,7)25-28-13-17-30(18-14-28)35-23-21-27-11-9-8-10-12-27;/h8-20H,21-26H2,1-7H3;1H/q+1;/p-1. The molecule has 0 aromatic heterocycles. The molecule has 202 valence electrons. The Morgan fingerprint density at radius 1 is 0.649 bits per heavy atom. The van der Waals surface area contributed by atoms with E-state index in [4.69, 9.17) is 9.47 Å². The number of hydrogen-bond acceptors (Lipinski definition) is 2. The van der Waals surface area contributed by atoms with Gasteiger partial charge in [0.05, 0.1) is 20.7 Å². The van der Waals surface area contributed by atoms with Crippen LogP contribution in [0.2, 0.25) is 0 Å². The van der Waals surface area contributed by atoms with Crippen molar-refractivity contribution < 1.29 is 30.9 Å². The summed E-state index contributed by atoms with van der Waals surface area (Å²) in [7, 11) is 4.51. The highest BCUT2D eigenvalue weighted by atomic mass is 79.9. The van der Waals surface area contributed by atoms with Crippen molar-refractivity contribution in [2.24, 2.45) is 5.41 Å². The lowest BCUT2D eigenvalue weighted by Crippen LogP contribution is -3.00. The first-order valence-electron chi connectivity index (χ1n) is 13.2. The second-order valence-electron chi connectivity index (χ2n) is 12.5. The van der Waals surface area contributed by atoms with Gasteiger partial charge in [-0.2, -0.15) is 0 Å². The van der Waals surface area contributed by atoms with E-state index < -0.39 is 0 Å². The Morgan fingerprint density at radius 3 is 1.76 bits per heavy atom. The van der Waals surface area contributed by atoms with Crippen LogP contribution < -0.4 is 26.5 Å². The zero-order chi connectivity index (χ0) is 26.2. The van der Waals surface area contributed by atoms with E-state index in [1.165, 1.54) is 16.7 Å². The van der Waals surface area contributed by atoms with Crippen LogP contribution in [0.4, 0.5) is 0 Å². The highest BCUT2D eigenvalue weighted by Gasteiger charge is 2.27. The quantitative estimate of drug-likeness (QED) is 0.296. The number of nitrogens with zero attached hydrogens (tertiary/aromatic N) is 1. The normalized spacial score (nSPS) is 12.1. The number of hydrogen-bond donors (Lipinski definition) is 0. The maximum atomic E-state index is 6.11. The largest absolute Gasteiger partial charge is 1.00 e. The van der Waals surface area contributed by atoms with Crippen LogP contribution in [0.25, 0.3) is 0 Å². The molecule has 0 saturated heterocycles. The fourth-order valence-corrected chi connectivity index (χ4v) is 5.04. The van der Waals surface area contributed by atoms with Gasteiger partial charge in [0.2, 0.25) is 0 Å². The summed E-state index contributed by atoms with van der Waals surface area (Å²) in [5.74, 6) is 1.87. The highest BCUT2D eigenvalue weighted by molar-refractivity contribution is 5.32. The lowest BCUT2D eigenvalue weighted by molar-refractivity contribution is -0.903. The molecular weight excluding hydrogens is 522 g/mol. The Bertz CT molecular complexity index is 1050. The van der Waals surface area contributed by atoms with Crippen LogP contribution in [-0.4, -0.2) is 38.3 Å². The zero-order valence-corrected chi connectivity index (χ0v) is 25.5. The van der Waals surface area contributed by atoms with E-state index in [0.29, 0.717) is 18.6 Å². The lowest BCUT2D eigenvalue weighted by Gasteiger charge is -2.33. The lowest BCUT2D eigenvalue weighted by atomic mass is 9.72. The summed E-state index contributed by atoms with van der Waals surface area (Å²) in [6, 6.07) is 27.7. The van der Waals surface area contributed by atoms with Gasteiger partial charge >= 0.3 is 0 Å². The molecule has 3 aromatic carbocycles. The number of rotatable bonds is 12. The van der Waals surface area contributed by atoms with Crippen LogP contribution >= 0.6 is 0 Å². The van der Waals surface area contributed by atoms with E-state index in [-0.39, 0.29) is 22.4 Å². The van der Waals surface area contributed by atoms with Crippen LogP contribution in [0.5, 0.6) is 11.5 Å². The van der Waals surface area contributed by atoms with Crippen molar-refractivity contribution in [3.05, 3.63) is 95.6 Å². The highest BCUT2D eigenvalue weighted by Crippen LogP contribution is 2.36. The van der Waals surface area contributed by atoms with Gasteiger partial charge in [-0.1, -0.05) is 77.1 Å². The van der Waals surface area contributed by atoms with Crippen molar-refractivity contribution >= 4 is 0 Å². The van der Waals surface area contributed by atoms with Gasteiger partial charge in [0, 0.05) is 12.0 Å². The van der Waals surface area contributed by atoms with Crippen LogP contribution in [0, 0.1) is 5.41 Å². The molecule has 0 unspecified atom stereocenters. The van der Waals surface area contributed by atoms with Gasteiger partial charge in [-0.05, 0) is 64.8 Å². The minimum Gasteiger partial charge on any atom is -1.00 e. The molecule has 37 heavy (non-hydrogen) atoms. The number of likely N-dealkylation sites (N-methyl/N-ethyl adjacent to an activating group) is 1. The molecule has 0 radical (unpaired) electrons. The molecule has 0 N–H and O–H groups in total. The van der Waals surface area contributed by atoms with Gasteiger partial charge in [-0.3, -0.25) is 0 Å². The van der Waals surface area contributed by atoms with Crippen molar-refractivity contribution in [3.63, 3.8) is 0 Å². The maximum Gasteiger partial charge on any atom is 0.137 e. The number of benzene rings is 3. The summed E-state index contributed by atoms with van der Waals surface area (Å²) in [5.41, 5.74) is 4.43. The van der Waals surface area contributed by atoms with E-state index >= 15 is 0 Å². The number of ether oxygens (including phenoxy) is 2. The second kappa shape index (κ2) is 13.5. The first-order chi connectivity index (χ1) is 16.9. The minimum atomic E-state index is 0. The summed E-state index contributed by atoms with van der Waals surface area (Å²) < 4.78 is 12.9. The molecule has 0 aliphatic carbocycles. The molecule has 0 spiro atoms. The molecule has 0 bridgehead atoms. The third kappa shape index (κ3) is 10.9. The summed E-state index contributed by atoms with van der Waals surface area (Å²) >= 11 is 0. The molecular formula is C33H46BrNO2. The Kier molecular flexibility index (Phi) is 11.3. The Hall–Kier alpha value is -2.30. The van der Waals surface area contributed by atoms with Gasteiger partial charge in [-0.25, -0.2) is 0 Å². The predicted molar refractivity (Wildman–Crippen MR) is 152 cm³/mol. The first kappa shape index (κ1) is 30.9. The number of halogens is 1. The van der Waals surface area contributed by atoms with E-state index in [9.17, 15) is 0 Å². The minimum absolute atomic E-state index is 0. The first-order valence-corrected chi connectivity index (χ1v) is 13.2. The average Bonchev–Trinajstić information content (AvgIpc) is 2.79. The summed E-state index contributed by atoms with van der Waals surface area (Å²) in [6.07, 6.45) is 2.07. The van der Waals surface area contributed by atoms with E-state index in [2.05, 4.69) is 122 Å². The summed E-state index contributed by atoms with van der Waals surface area (Å²) in [6.45, 7) is 14.9. The molecule has 0 atom stereocenters. The van der Waals surface area contributed by atoms with Crippen LogP contribution in [0.15, 0.2) is 78.9 Å². The van der Waals surface area contributed by atoms with Crippen LogP contribution in [0.3, 0.4) is 0 Å². The van der Waals surface area contributed by atoms with Gasteiger partial charge in [-0.15, -0.1) is 0 Å². The van der Waals surface area contributed by atoms with Crippen molar-refractivity contribution in [3.8, 4) is 11.5 Å². The molecule has 0 saturated carbocycles. The number of quaternary nitrogens is 1. The second-order valence-corrected chi connectivity index (χ2v) is 12.5. The molecule has 0 aliphatic heterocycles. The van der Waals surface area contributed by atoms with E-state index in [1.807, 2.05) is 6.07 Å². The Balaban J connectivity index is 0.00000481. The predicted octanol–water partition coefficient (Wildman–Crippen LogP) is 4.68. The van der Waals surface area contributed by atoms with E-state index in [0.717, 1.165) is 41.9 Å². The average molecular weight is 569 g/mol. The van der Waals surface area contributed by atoms with Crippen molar-refractivity contribution in [1.82, 2.24) is 0 Å². The van der Waals surface area contributed by atoms with Crippen molar-refractivity contribution in [2.75, 3.05) is 33.9 Å². The smallest absolute Gasteiger partial charge is 0.137 e. The fraction of sp³-hybridized carbons (Fsp3) is 0.455. The van der Waals surface area contributed by atoms with Crippen molar-refractivity contribution in [1.29, 1.82) is 0 Å². The van der Waals surface area contributed by atoms with Gasteiger partial charge in [0.25, 0.3) is 0 Å². The van der Waals surface area contributed by atoms with Gasteiger partial charge in [0.15, 0.2) is 0 Å². The molecule has 3 aromatic rings. The summed E-state index contributed by atoms with van der Waals surface area (Å²) in [4.78, 5) is 0. The molecule has 3 rings (SSSR count). The van der Waals surface area contributed by atoms with E-state index in [1.54, 1.807) is 0 Å². The Labute approximate surface area is 236 Å². The van der Waals surface area contributed by atoms with Crippen LogP contribution in [-0.2, 0) is 18.4 Å². The Morgan fingerprint density at radius 2 is 1.19 bits per heavy atom. The SMILES string of the molecule is CC(C)(C)CC(C)(C)c1ccc(OCC[N+](C)(C)Cc2ccc(OCCc3ccccc3)cc2)cc1.[Br-]. The molecule has 0 heterocycles. The molecule has 0 fully saturated rings. The maximum absolute atomic E-state index is 6.11.